The zero-order chi connectivity index (χ0) is 15.4. The van der Waals surface area contributed by atoms with E-state index in [1.807, 2.05) is 23.1 Å². The molecule has 0 unspecified atom stereocenters. The van der Waals surface area contributed by atoms with E-state index in [1.54, 1.807) is 0 Å². The molecule has 23 heavy (non-hydrogen) atoms. The molecule has 1 heterocycles. The summed E-state index contributed by atoms with van der Waals surface area (Å²) >= 11 is 0. The van der Waals surface area contributed by atoms with E-state index in [1.165, 1.54) is 38.5 Å². The van der Waals surface area contributed by atoms with Crippen LogP contribution in [0, 0.1) is 23.2 Å². The molecule has 4 saturated carbocycles. The van der Waals surface area contributed by atoms with Crippen molar-refractivity contribution >= 4 is 6.09 Å². The second kappa shape index (κ2) is 4.99. The van der Waals surface area contributed by atoms with E-state index in [-0.39, 0.29) is 12.2 Å². The Kier molecular flexibility index (Phi) is 3.01. The Morgan fingerprint density at radius 1 is 1.00 bits per heavy atom. The molecule has 0 spiro atoms. The number of carbonyl (C=O) groups is 1. The first-order chi connectivity index (χ1) is 11.2. The maximum atomic E-state index is 12.4. The van der Waals surface area contributed by atoms with Gasteiger partial charge in [0, 0.05) is 6.54 Å². The first kappa shape index (κ1) is 13.9. The van der Waals surface area contributed by atoms with Crippen LogP contribution < -0.4 is 0 Å². The number of ether oxygens (including phenoxy) is 1. The zero-order valence-corrected chi connectivity index (χ0v) is 13.6. The summed E-state index contributed by atoms with van der Waals surface area (Å²) in [6.07, 6.45) is 8.21. The van der Waals surface area contributed by atoms with E-state index < -0.39 is 0 Å². The van der Waals surface area contributed by atoms with Crippen LogP contribution in [0.2, 0.25) is 0 Å². The molecule has 3 heteroatoms. The molecule has 0 N–H and O–H groups in total. The fourth-order valence-electron chi connectivity index (χ4n) is 6.37. The van der Waals surface area contributed by atoms with Gasteiger partial charge in [0.25, 0.3) is 0 Å². The average molecular weight is 311 g/mol. The van der Waals surface area contributed by atoms with Gasteiger partial charge in [-0.25, -0.2) is 4.79 Å². The van der Waals surface area contributed by atoms with Crippen molar-refractivity contribution in [2.75, 3.05) is 13.1 Å². The largest absolute Gasteiger partial charge is 0.439 e. The maximum Gasteiger partial charge on any atom is 0.410 e. The first-order valence-electron chi connectivity index (χ1n) is 9.20. The molecule has 1 aromatic rings. The van der Waals surface area contributed by atoms with Gasteiger partial charge in [-0.3, -0.25) is 0 Å². The Morgan fingerprint density at radius 2 is 1.61 bits per heavy atom. The van der Waals surface area contributed by atoms with Crippen LogP contribution in [-0.2, 0) is 4.74 Å². The predicted octanol–water partition coefficient (Wildman–Crippen LogP) is 4.40. The first-order valence-corrected chi connectivity index (χ1v) is 9.20. The van der Waals surface area contributed by atoms with E-state index in [0.29, 0.717) is 5.41 Å². The summed E-state index contributed by atoms with van der Waals surface area (Å²) in [6.45, 7) is 1.66. The molecule has 1 aromatic carbocycles. The van der Waals surface area contributed by atoms with Crippen molar-refractivity contribution in [3.05, 3.63) is 35.9 Å². The molecule has 6 rings (SSSR count). The third-order valence-corrected chi connectivity index (χ3v) is 6.75. The number of rotatable bonds is 3. The van der Waals surface area contributed by atoms with Gasteiger partial charge in [0.1, 0.15) is 6.10 Å². The van der Waals surface area contributed by atoms with Gasteiger partial charge in [-0.05, 0) is 67.3 Å². The van der Waals surface area contributed by atoms with Crippen molar-refractivity contribution in [2.45, 2.75) is 44.6 Å². The van der Waals surface area contributed by atoms with Crippen LogP contribution in [0.25, 0.3) is 0 Å². The van der Waals surface area contributed by atoms with Crippen molar-refractivity contribution in [1.82, 2.24) is 4.90 Å². The number of hydrogen-bond acceptors (Lipinski definition) is 2. The summed E-state index contributed by atoms with van der Waals surface area (Å²) in [7, 11) is 0. The number of cyclic esters (lactones) is 1. The molecule has 3 nitrogen and oxygen atoms in total. The Morgan fingerprint density at radius 3 is 2.22 bits per heavy atom. The molecular formula is C20H25NO2. The van der Waals surface area contributed by atoms with Crippen LogP contribution >= 0.6 is 0 Å². The quantitative estimate of drug-likeness (QED) is 0.828. The third-order valence-electron chi connectivity index (χ3n) is 6.75. The van der Waals surface area contributed by atoms with Crippen LogP contribution in [0.4, 0.5) is 4.79 Å². The van der Waals surface area contributed by atoms with Crippen LogP contribution in [0.3, 0.4) is 0 Å². The zero-order valence-electron chi connectivity index (χ0n) is 13.6. The highest BCUT2D eigenvalue weighted by Gasteiger charge is 2.52. The van der Waals surface area contributed by atoms with Crippen molar-refractivity contribution < 1.29 is 9.53 Å². The molecular weight excluding hydrogens is 286 g/mol. The highest BCUT2D eigenvalue weighted by Crippen LogP contribution is 2.60. The number of hydrogen-bond donors (Lipinski definition) is 0. The standard InChI is InChI=1S/C20H25NO2/c22-19-21(12-18(23-19)17-4-2-1-3-5-17)13-20-9-14-6-15(10-20)8-16(7-14)11-20/h1-5,14-16,18H,6-13H2/t14?,15?,16?,18-,20?/m0/s1. The molecule has 1 amide bonds. The fourth-order valence-corrected chi connectivity index (χ4v) is 6.37. The van der Waals surface area contributed by atoms with Crippen LogP contribution in [0.15, 0.2) is 30.3 Å². The minimum absolute atomic E-state index is 0.0855. The minimum Gasteiger partial charge on any atom is -0.439 e. The van der Waals surface area contributed by atoms with Crippen molar-refractivity contribution in [3.8, 4) is 0 Å². The molecule has 1 atom stereocenters. The number of carbonyl (C=O) groups excluding carboxylic acids is 1. The van der Waals surface area contributed by atoms with Crippen molar-refractivity contribution in [2.24, 2.45) is 23.2 Å². The van der Waals surface area contributed by atoms with Crippen LogP contribution in [0.5, 0.6) is 0 Å². The Balaban J connectivity index is 1.32. The van der Waals surface area contributed by atoms with Crippen molar-refractivity contribution in [3.63, 3.8) is 0 Å². The lowest BCUT2D eigenvalue weighted by Gasteiger charge is -2.57. The van der Waals surface area contributed by atoms with E-state index in [2.05, 4.69) is 12.1 Å². The van der Waals surface area contributed by atoms with E-state index in [0.717, 1.165) is 36.4 Å². The molecule has 1 saturated heterocycles. The highest BCUT2D eigenvalue weighted by molar-refractivity contribution is 5.70. The van der Waals surface area contributed by atoms with Gasteiger partial charge in [0.2, 0.25) is 0 Å². The van der Waals surface area contributed by atoms with Gasteiger partial charge in [0.05, 0.1) is 6.54 Å². The minimum atomic E-state index is -0.102. The lowest BCUT2D eigenvalue weighted by atomic mass is 9.49. The molecule has 0 radical (unpaired) electrons. The van der Waals surface area contributed by atoms with Gasteiger partial charge in [-0.2, -0.15) is 0 Å². The Labute approximate surface area is 138 Å². The predicted molar refractivity (Wildman–Crippen MR) is 87.8 cm³/mol. The van der Waals surface area contributed by atoms with E-state index >= 15 is 0 Å². The maximum absolute atomic E-state index is 12.4. The summed E-state index contributed by atoms with van der Waals surface area (Å²) < 4.78 is 5.66. The molecule has 0 aromatic heterocycles. The number of amides is 1. The van der Waals surface area contributed by atoms with Gasteiger partial charge >= 0.3 is 6.09 Å². The second-order valence-electron chi connectivity index (χ2n) is 8.58. The highest BCUT2D eigenvalue weighted by atomic mass is 16.6. The normalized spacial score (nSPS) is 41.4. The number of nitrogens with zero attached hydrogens (tertiary/aromatic N) is 1. The SMILES string of the molecule is O=C1O[C@H](c2ccccc2)CN1CC12CC3CC(CC(C3)C1)C2. The van der Waals surface area contributed by atoms with Gasteiger partial charge < -0.3 is 9.64 Å². The summed E-state index contributed by atoms with van der Waals surface area (Å²) in [6, 6.07) is 10.2. The number of benzene rings is 1. The molecule has 4 aliphatic carbocycles. The average Bonchev–Trinajstić information content (AvgIpc) is 2.87. The van der Waals surface area contributed by atoms with E-state index in [4.69, 9.17) is 4.74 Å². The lowest BCUT2D eigenvalue weighted by Crippen LogP contribution is -2.51. The molecule has 5 aliphatic rings. The van der Waals surface area contributed by atoms with Gasteiger partial charge in [-0.15, -0.1) is 0 Å². The summed E-state index contributed by atoms with van der Waals surface area (Å²) in [4.78, 5) is 14.4. The molecule has 4 bridgehead atoms. The van der Waals surface area contributed by atoms with Gasteiger partial charge in [0.15, 0.2) is 0 Å². The van der Waals surface area contributed by atoms with Crippen molar-refractivity contribution in [1.29, 1.82) is 0 Å². The Hall–Kier alpha value is -1.51. The summed E-state index contributed by atoms with van der Waals surface area (Å²) in [5, 5.41) is 0. The molecule has 122 valence electrons. The second-order valence-corrected chi connectivity index (χ2v) is 8.58. The summed E-state index contributed by atoms with van der Waals surface area (Å²) in [5.41, 5.74) is 1.52. The lowest BCUT2D eigenvalue weighted by molar-refractivity contribution is -0.0627. The van der Waals surface area contributed by atoms with Crippen LogP contribution in [-0.4, -0.2) is 24.1 Å². The van der Waals surface area contributed by atoms with Crippen LogP contribution in [0.1, 0.15) is 50.2 Å². The molecule has 5 fully saturated rings. The smallest absolute Gasteiger partial charge is 0.410 e. The topological polar surface area (TPSA) is 29.5 Å². The third kappa shape index (κ3) is 2.36. The van der Waals surface area contributed by atoms with Gasteiger partial charge in [-0.1, -0.05) is 30.3 Å². The Bertz CT molecular complexity index is 576. The summed E-state index contributed by atoms with van der Waals surface area (Å²) in [5.74, 6) is 2.80. The fraction of sp³-hybridized carbons (Fsp3) is 0.650. The van der Waals surface area contributed by atoms with E-state index in [9.17, 15) is 4.79 Å². The monoisotopic (exact) mass is 311 g/mol. The molecule has 1 aliphatic heterocycles.